The minimum absolute atomic E-state index is 0. The van der Waals surface area contributed by atoms with Gasteiger partial charge < -0.3 is 4.74 Å². The average Bonchev–Trinajstić information content (AvgIpc) is 3.05. The van der Waals surface area contributed by atoms with Gasteiger partial charge in [0, 0.05) is 48.6 Å². The molecule has 0 radical (unpaired) electrons. The van der Waals surface area contributed by atoms with Gasteiger partial charge in [-0.25, -0.2) is 4.98 Å². The van der Waals surface area contributed by atoms with Gasteiger partial charge in [0.2, 0.25) is 5.88 Å². The Morgan fingerprint density at radius 3 is 2.48 bits per heavy atom. The highest BCUT2D eigenvalue weighted by molar-refractivity contribution is 5.85. The number of rotatable bonds is 3. The Morgan fingerprint density at radius 2 is 1.87 bits per heavy atom. The van der Waals surface area contributed by atoms with Crippen molar-refractivity contribution in [2.75, 3.05) is 13.1 Å². The van der Waals surface area contributed by atoms with Crippen LogP contribution < -0.4 is 4.74 Å². The lowest BCUT2D eigenvalue weighted by atomic mass is 9.67. The maximum atomic E-state index is 6.25. The fourth-order valence-electron chi connectivity index (χ4n) is 4.72. The van der Waals surface area contributed by atoms with E-state index in [9.17, 15) is 0 Å². The molecule has 0 unspecified atom stereocenters. The van der Waals surface area contributed by atoms with Crippen LogP contribution in [0.3, 0.4) is 0 Å². The van der Waals surface area contributed by atoms with E-state index in [4.69, 9.17) is 4.74 Å². The van der Waals surface area contributed by atoms with E-state index < -0.39 is 0 Å². The number of nitrogens with zero attached hydrogens (tertiary/aromatic N) is 3. The van der Waals surface area contributed by atoms with E-state index in [2.05, 4.69) is 26.1 Å². The maximum Gasteiger partial charge on any atom is 0.214 e. The summed E-state index contributed by atoms with van der Waals surface area (Å²) in [5, 5.41) is 6.80. The molecular weight excluding hydrogens is 312 g/mol. The predicted octanol–water partition coefficient (Wildman–Crippen LogP) is 2.96. The molecule has 23 heavy (non-hydrogen) atoms. The first-order valence-electron chi connectivity index (χ1n) is 8.21. The van der Waals surface area contributed by atoms with Gasteiger partial charge in [-0.1, -0.05) is 0 Å². The number of ether oxygens (including phenoxy) is 1. The normalized spacial score (nSPS) is 34.2. The highest BCUT2D eigenvalue weighted by Gasteiger charge is 2.48. The highest BCUT2D eigenvalue weighted by Crippen LogP contribution is 2.46. The van der Waals surface area contributed by atoms with Gasteiger partial charge >= 0.3 is 0 Å². The molecule has 0 spiro atoms. The van der Waals surface area contributed by atoms with Gasteiger partial charge in [-0.15, -0.1) is 12.4 Å². The Balaban J connectivity index is 0.00000135. The van der Waals surface area contributed by atoms with Crippen molar-refractivity contribution in [3.63, 3.8) is 0 Å². The topological polar surface area (TPSA) is 54.0 Å². The van der Waals surface area contributed by atoms with Gasteiger partial charge in [-0.2, -0.15) is 5.10 Å². The summed E-state index contributed by atoms with van der Waals surface area (Å²) in [6, 6.07) is 4.03. The number of piperidine rings is 3. The van der Waals surface area contributed by atoms with Gasteiger partial charge in [-0.05, 0) is 37.2 Å². The number of hydrogen-bond acceptors (Lipinski definition) is 4. The molecule has 6 heteroatoms. The van der Waals surface area contributed by atoms with Crippen LogP contribution in [0.5, 0.6) is 5.88 Å². The van der Waals surface area contributed by atoms with Crippen LogP contribution >= 0.6 is 12.4 Å². The van der Waals surface area contributed by atoms with Crippen LogP contribution in [-0.2, 0) is 0 Å². The van der Waals surface area contributed by atoms with E-state index in [1.165, 1.54) is 32.4 Å². The van der Waals surface area contributed by atoms with Crippen molar-refractivity contribution >= 4 is 12.4 Å². The summed E-state index contributed by atoms with van der Waals surface area (Å²) in [5.41, 5.74) is 2.11. The lowest BCUT2D eigenvalue weighted by Crippen LogP contribution is -2.61. The standard InChI is InChI=1S/C17H20N4O.ClH/c1-2-16(18-6-13(1)15-7-19-20-8-15)22-17-14-4-11-3-12(5-14)10-21(17)9-11;/h1-2,6-8,11-12,14,17H,3-5,9-10H2,(H,19,20);1H/t11-,12-,17-;/m0./s1. The molecule has 5 heterocycles. The van der Waals surface area contributed by atoms with E-state index in [1.807, 2.05) is 18.5 Å². The van der Waals surface area contributed by atoms with Crippen LogP contribution in [0.25, 0.3) is 11.1 Å². The lowest BCUT2D eigenvalue weighted by Gasteiger charge is -2.55. The third-order valence-electron chi connectivity index (χ3n) is 5.50. The summed E-state index contributed by atoms with van der Waals surface area (Å²) < 4.78 is 6.25. The molecule has 1 N–H and O–H groups in total. The van der Waals surface area contributed by atoms with E-state index in [0.717, 1.165) is 28.8 Å². The van der Waals surface area contributed by atoms with Crippen molar-refractivity contribution in [3.8, 4) is 17.0 Å². The zero-order valence-corrected chi connectivity index (χ0v) is 13.7. The molecule has 4 bridgehead atoms. The van der Waals surface area contributed by atoms with Crippen molar-refractivity contribution < 1.29 is 4.74 Å². The molecule has 0 aromatic carbocycles. The number of aromatic nitrogens is 3. The molecule has 2 aromatic rings. The van der Waals surface area contributed by atoms with Crippen LogP contribution in [0.4, 0.5) is 0 Å². The maximum absolute atomic E-state index is 6.25. The molecule has 3 aliphatic heterocycles. The first-order chi connectivity index (χ1) is 10.8. The molecule has 5 nitrogen and oxygen atoms in total. The fourth-order valence-corrected chi connectivity index (χ4v) is 4.72. The largest absolute Gasteiger partial charge is 0.458 e. The Kier molecular flexibility index (Phi) is 3.77. The van der Waals surface area contributed by atoms with E-state index in [0.29, 0.717) is 5.92 Å². The number of nitrogens with one attached hydrogen (secondary N) is 1. The highest BCUT2D eigenvalue weighted by atomic mass is 35.5. The lowest BCUT2D eigenvalue weighted by molar-refractivity contribution is -0.143. The molecule has 3 atom stereocenters. The first-order valence-corrected chi connectivity index (χ1v) is 8.21. The van der Waals surface area contributed by atoms with Gasteiger partial charge in [0.05, 0.1) is 6.20 Å². The fraction of sp³-hybridized carbons (Fsp3) is 0.529. The first kappa shape index (κ1) is 15.0. The number of aromatic amines is 1. The summed E-state index contributed by atoms with van der Waals surface area (Å²) in [6.45, 7) is 2.43. The third kappa shape index (κ3) is 2.62. The number of hydrogen-bond donors (Lipinski definition) is 1. The summed E-state index contributed by atoms with van der Waals surface area (Å²) in [6.07, 6.45) is 9.90. The summed E-state index contributed by atoms with van der Waals surface area (Å²) in [4.78, 5) is 7.04. The second-order valence-electron chi connectivity index (χ2n) is 7.03. The molecule has 6 rings (SSSR count). The number of H-pyrrole nitrogens is 1. The quantitative estimate of drug-likeness (QED) is 0.939. The molecule has 1 aliphatic carbocycles. The molecule has 2 aromatic heterocycles. The van der Waals surface area contributed by atoms with Crippen LogP contribution in [0.1, 0.15) is 19.3 Å². The average molecular weight is 333 g/mol. The Labute approximate surface area is 141 Å². The molecule has 1 saturated carbocycles. The number of pyridine rings is 1. The zero-order chi connectivity index (χ0) is 14.5. The smallest absolute Gasteiger partial charge is 0.214 e. The van der Waals surface area contributed by atoms with E-state index >= 15 is 0 Å². The van der Waals surface area contributed by atoms with Gasteiger partial charge in [0.25, 0.3) is 0 Å². The zero-order valence-electron chi connectivity index (χ0n) is 12.9. The summed E-state index contributed by atoms with van der Waals surface area (Å²) in [5.74, 6) is 3.26. The van der Waals surface area contributed by atoms with E-state index in [1.54, 1.807) is 6.20 Å². The summed E-state index contributed by atoms with van der Waals surface area (Å²) >= 11 is 0. The molecule has 4 fully saturated rings. The van der Waals surface area contributed by atoms with Crippen LogP contribution in [0.15, 0.2) is 30.7 Å². The second-order valence-corrected chi connectivity index (χ2v) is 7.03. The van der Waals surface area contributed by atoms with Crippen molar-refractivity contribution in [3.05, 3.63) is 30.7 Å². The second kappa shape index (κ2) is 5.80. The molecule has 4 aliphatic rings. The Hall–Kier alpha value is -1.59. The van der Waals surface area contributed by atoms with Crippen molar-refractivity contribution in [1.29, 1.82) is 0 Å². The van der Waals surface area contributed by atoms with Crippen molar-refractivity contribution in [1.82, 2.24) is 20.1 Å². The minimum Gasteiger partial charge on any atom is -0.458 e. The molecular formula is C17H21ClN4O. The monoisotopic (exact) mass is 332 g/mol. The van der Waals surface area contributed by atoms with Gasteiger partial charge in [0.1, 0.15) is 0 Å². The van der Waals surface area contributed by atoms with Crippen molar-refractivity contribution in [2.45, 2.75) is 25.5 Å². The minimum atomic E-state index is 0. The van der Waals surface area contributed by atoms with Crippen LogP contribution in [0.2, 0.25) is 0 Å². The Bertz CT molecular complexity index is 630. The van der Waals surface area contributed by atoms with Crippen LogP contribution in [-0.4, -0.2) is 39.4 Å². The summed E-state index contributed by atoms with van der Waals surface area (Å²) in [7, 11) is 0. The van der Waals surface area contributed by atoms with Crippen LogP contribution in [0, 0.1) is 17.8 Å². The van der Waals surface area contributed by atoms with Gasteiger partial charge in [-0.3, -0.25) is 10.00 Å². The SMILES string of the molecule is Cl.c1cc(O[C@H]2C3C[C@@H]4C[C@@H](C3)CN2C4)ncc1-c1cn[nH]c1. The Morgan fingerprint density at radius 1 is 1.04 bits per heavy atom. The molecule has 3 saturated heterocycles. The van der Waals surface area contributed by atoms with E-state index in [-0.39, 0.29) is 18.6 Å². The van der Waals surface area contributed by atoms with Crippen molar-refractivity contribution in [2.24, 2.45) is 17.8 Å². The number of halogens is 1. The van der Waals surface area contributed by atoms with Gasteiger partial charge in [0.15, 0.2) is 6.23 Å². The third-order valence-corrected chi connectivity index (χ3v) is 5.50. The predicted molar refractivity (Wildman–Crippen MR) is 89.4 cm³/mol. The molecule has 0 amide bonds. The molecule has 122 valence electrons.